The fourth-order valence-electron chi connectivity index (χ4n) is 1.45. The van der Waals surface area contributed by atoms with Crippen LogP contribution in [0.3, 0.4) is 0 Å². The standard InChI is InChI=1S/C12H13NO/c1-12(2,14)10-6-5-9-4-3-7-13-11(9)8-10/h3-8,14H,1-2H3. The van der Waals surface area contributed by atoms with E-state index in [-0.39, 0.29) is 0 Å². The van der Waals surface area contributed by atoms with Gasteiger partial charge in [0, 0.05) is 11.6 Å². The highest BCUT2D eigenvalue weighted by Gasteiger charge is 2.15. The first kappa shape index (κ1) is 9.16. The normalized spacial score (nSPS) is 11.9. The molecule has 0 aliphatic rings. The fourth-order valence-corrected chi connectivity index (χ4v) is 1.45. The summed E-state index contributed by atoms with van der Waals surface area (Å²) in [5.41, 5.74) is 1.02. The zero-order valence-corrected chi connectivity index (χ0v) is 8.36. The molecule has 14 heavy (non-hydrogen) atoms. The zero-order chi connectivity index (χ0) is 10.2. The second-order valence-electron chi connectivity index (χ2n) is 3.97. The summed E-state index contributed by atoms with van der Waals surface area (Å²) < 4.78 is 0. The summed E-state index contributed by atoms with van der Waals surface area (Å²) in [4.78, 5) is 4.24. The number of benzene rings is 1. The van der Waals surface area contributed by atoms with Crippen LogP contribution in [0.1, 0.15) is 19.4 Å². The molecule has 0 saturated carbocycles. The van der Waals surface area contributed by atoms with Crippen molar-refractivity contribution >= 4 is 10.9 Å². The van der Waals surface area contributed by atoms with Crippen molar-refractivity contribution in [3.8, 4) is 0 Å². The Labute approximate surface area is 83.2 Å². The highest BCUT2D eigenvalue weighted by molar-refractivity contribution is 5.79. The highest BCUT2D eigenvalue weighted by atomic mass is 16.3. The molecule has 0 saturated heterocycles. The van der Waals surface area contributed by atoms with Crippen molar-refractivity contribution in [2.24, 2.45) is 0 Å². The lowest BCUT2D eigenvalue weighted by Gasteiger charge is -2.17. The first-order valence-corrected chi connectivity index (χ1v) is 4.65. The van der Waals surface area contributed by atoms with Gasteiger partial charge in [0.15, 0.2) is 0 Å². The quantitative estimate of drug-likeness (QED) is 0.744. The molecule has 2 heteroatoms. The van der Waals surface area contributed by atoms with E-state index in [1.165, 1.54) is 0 Å². The summed E-state index contributed by atoms with van der Waals surface area (Å²) in [5.74, 6) is 0. The Bertz CT molecular complexity index is 457. The van der Waals surface area contributed by atoms with Crippen LogP contribution in [0.4, 0.5) is 0 Å². The molecule has 0 aliphatic heterocycles. The Morgan fingerprint density at radius 2 is 2.00 bits per heavy atom. The van der Waals surface area contributed by atoms with E-state index in [0.29, 0.717) is 0 Å². The van der Waals surface area contributed by atoms with Crippen LogP contribution < -0.4 is 0 Å². The van der Waals surface area contributed by atoms with E-state index < -0.39 is 5.60 Å². The van der Waals surface area contributed by atoms with E-state index in [1.54, 1.807) is 20.0 Å². The Hall–Kier alpha value is -1.41. The van der Waals surface area contributed by atoms with E-state index in [2.05, 4.69) is 4.98 Å². The van der Waals surface area contributed by atoms with Crippen LogP contribution in [0.15, 0.2) is 36.5 Å². The molecule has 0 unspecified atom stereocenters. The first-order chi connectivity index (χ1) is 6.57. The molecular weight excluding hydrogens is 174 g/mol. The van der Waals surface area contributed by atoms with Crippen molar-refractivity contribution in [1.29, 1.82) is 0 Å². The molecule has 2 rings (SSSR count). The van der Waals surface area contributed by atoms with Crippen molar-refractivity contribution in [3.63, 3.8) is 0 Å². The SMILES string of the molecule is CC(C)(O)c1ccc2cccnc2c1. The smallest absolute Gasteiger partial charge is 0.0841 e. The van der Waals surface area contributed by atoms with Crippen LogP contribution in [0.2, 0.25) is 0 Å². The summed E-state index contributed by atoms with van der Waals surface area (Å²) in [7, 11) is 0. The fraction of sp³-hybridized carbons (Fsp3) is 0.250. The predicted molar refractivity (Wildman–Crippen MR) is 57.0 cm³/mol. The number of hydrogen-bond acceptors (Lipinski definition) is 2. The van der Waals surface area contributed by atoms with Crippen molar-refractivity contribution in [3.05, 3.63) is 42.1 Å². The second kappa shape index (κ2) is 3.07. The van der Waals surface area contributed by atoms with Gasteiger partial charge >= 0.3 is 0 Å². The third kappa shape index (κ3) is 1.61. The minimum absolute atomic E-state index is 0.800. The summed E-state index contributed by atoms with van der Waals surface area (Å²) >= 11 is 0. The number of rotatable bonds is 1. The molecule has 1 heterocycles. The molecule has 1 aromatic heterocycles. The van der Waals surface area contributed by atoms with Gasteiger partial charge in [0.25, 0.3) is 0 Å². The van der Waals surface area contributed by atoms with E-state index in [9.17, 15) is 5.11 Å². The van der Waals surface area contributed by atoms with Crippen LogP contribution in [0, 0.1) is 0 Å². The van der Waals surface area contributed by atoms with Crippen LogP contribution in [-0.2, 0) is 5.60 Å². The number of fused-ring (bicyclic) bond motifs is 1. The number of nitrogens with zero attached hydrogens (tertiary/aromatic N) is 1. The van der Waals surface area contributed by atoms with E-state index in [0.717, 1.165) is 16.5 Å². The monoisotopic (exact) mass is 187 g/mol. The summed E-state index contributed by atoms with van der Waals surface area (Å²) in [6.07, 6.45) is 1.76. The van der Waals surface area contributed by atoms with E-state index >= 15 is 0 Å². The molecule has 1 N–H and O–H groups in total. The summed E-state index contributed by atoms with van der Waals surface area (Å²) in [6.45, 7) is 3.55. The van der Waals surface area contributed by atoms with Crippen molar-refractivity contribution < 1.29 is 5.11 Å². The molecule has 0 atom stereocenters. The molecule has 0 bridgehead atoms. The third-order valence-electron chi connectivity index (χ3n) is 2.31. The molecule has 0 amide bonds. The molecule has 0 spiro atoms. The molecule has 0 radical (unpaired) electrons. The lowest BCUT2D eigenvalue weighted by molar-refractivity contribution is 0.0787. The third-order valence-corrected chi connectivity index (χ3v) is 2.31. The minimum atomic E-state index is -0.800. The molecular formula is C12H13NO. The molecule has 0 aliphatic carbocycles. The number of aliphatic hydroxyl groups is 1. The minimum Gasteiger partial charge on any atom is -0.386 e. The molecule has 0 fully saturated rings. The van der Waals surface area contributed by atoms with Gasteiger partial charge in [-0.25, -0.2) is 0 Å². The molecule has 72 valence electrons. The maximum Gasteiger partial charge on any atom is 0.0841 e. The van der Waals surface area contributed by atoms with Gasteiger partial charge in [-0.3, -0.25) is 4.98 Å². The Balaban J connectivity index is 2.63. The predicted octanol–water partition coefficient (Wildman–Crippen LogP) is 2.46. The second-order valence-corrected chi connectivity index (χ2v) is 3.97. The number of hydrogen-bond donors (Lipinski definition) is 1. The highest BCUT2D eigenvalue weighted by Crippen LogP contribution is 2.22. The van der Waals surface area contributed by atoms with Gasteiger partial charge in [-0.1, -0.05) is 18.2 Å². The molecule has 2 nitrogen and oxygen atoms in total. The van der Waals surface area contributed by atoms with Crippen LogP contribution in [0.5, 0.6) is 0 Å². The number of pyridine rings is 1. The lowest BCUT2D eigenvalue weighted by atomic mass is 9.97. The van der Waals surface area contributed by atoms with Crippen LogP contribution in [-0.4, -0.2) is 10.1 Å². The van der Waals surface area contributed by atoms with Gasteiger partial charge in [0.1, 0.15) is 0 Å². The topological polar surface area (TPSA) is 33.1 Å². The maximum atomic E-state index is 9.82. The summed E-state index contributed by atoms with van der Waals surface area (Å²) in [6, 6.07) is 9.76. The van der Waals surface area contributed by atoms with Gasteiger partial charge in [-0.15, -0.1) is 0 Å². The largest absolute Gasteiger partial charge is 0.386 e. The van der Waals surface area contributed by atoms with Gasteiger partial charge in [0.05, 0.1) is 11.1 Å². The Kier molecular flexibility index (Phi) is 2.01. The maximum absolute atomic E-state index is 9.82. The van der Waals surface area contributed by atoms with Crippen molar-refractivity contribution in [1.82, 2.24) is 4.98 Å². The lowest BCUT2D eigenvalue weighted by Crippen LogP contribution is -2.15. The van der Waals surface area contributed by atoms with Gasteiger partial charge in [-0.2, -0.15) is 0 Å². The Morgan fingerprint density at radius 3 is 2.71 bits per heavy atom. The average Bonchev–Trinajstić information content (AvgIpc) is 2.16. The average molecular weight is 187 g/mol. The Morgan fingerprint density at radius 1 is 1.21 bits per heavy atom. The van der Waals surface area contributed by atoms with Crippen LogP contribution in [0.25, 0.3) is 10.9 Å². The van der Waals surface area contributed by atoms with Crippen molar-refractivity contribution in [2.75, 3.05) is 0 Å². The van der Waals surface area contributed by atoms with Gasteiger partial charge in [0.2, 0.25) is 0 Å². The molecule has 1 aromatic carbocycles. The summed E-state index contributed by atoms with van der Waals surface area (Å²) in [5, 5.41) is 10.9. The number of aromatic nitrogens is 1. The van der Waals surface area contributed by atoms with Crippen molar-refractivity contribution in [2.45, 2.75) is 19.4 Å². The van der Waals surface area contributed by atoms with E-state index in [4.69, 9.17) is 0 Å². The van der Waals surface area contributed by atoms with E-state index in [1.807, 2.05) is 30.3 Å². The zero-order valence-electron chi connectivity index (χ0n) is 8.36. The van der Waals surface area contributed by atoms with Gasteiger partial charge in [-0.05, 0) is 31.5 Å². The molecule has 2 aromatic rings. The van der Waals surface area contributed by atoms with Crippen LogP contribution >= 0.6 is 0 Å². The first-order valence-electron chi connectivity index (χ1n) is 4.65. The van der Waals surface area contributed by atoms with Gasteiger partial charge < -0.3 is 5.11 Å².